The first-order chi connectivity index (χ1) is 13.6. The van der Waals surface area contributed by atoms with Gasteiger partial charge in [-0.1, -0.05) is 6.07 Å². The van der Waals surface area contributed by atoms with Crippen molar-refractivity contribution < 1.29 is 22.9 Å². The van der Waals surface area contributed by atoms with Crippen molar-refractivity contribution in [2.24, 2.45) is 7.05 Å². The second kappa shape index (κ2) is 8.06. The molecule has 1 aromatic carbocycles. The van der Waals surface area contributed by atoms with Crippen molar-refractivity contribution in [3.63, 3.8) is 0 Å². The maximum Gasteiger partial charge on any atom is 0.416 e. The molecule has 1 aliphatic rings. The molecule has 6 nitrogen and oxygen atoms in total. The van der Waals surface area contributed by atoms with Gasteiger partial charge in [-0.2, -0.15) is 18.3 Å². The Bertz CT molecular complexity index is 885. The number of hydrogen-bond acceptors (Lipinski definition) is 3. The van der Waals surface area contributed by atoms with Gasteiger partial charge in [0, 0.05) is 12.7 Å². The van der Waals surface area contributed by atoms with Crippen molar-refractivity contribution in [3.05, 3.63) is 41.2 Å². The molecule has 1 saturated heterocycles. The van der Waals surface area contributed by atoms with E-state index in [4.69, 9.17) is 0 Å². The van der Waals surface area contributed by atoms with Gasteiger partial charge in [0.1, 0.15) is 0 Å². The lowest BCUT2D eigenvalue weighted by molar-refractivity contribution is -0.914. The van der Waals surface area contributed by atoms with Crippen molar-refractivity contribution in [1.82, 2.24) is 9.78 Å². The highest BCUT2D eigenvalue weighted by Crippen LogP contribution is 2.31. The summed E-state index contributed by atoms with van der Waals surface area (Å²) in [6, 6.07) is 5.14. The summed E-state index contributed by atoms with van der Waals surface area (Å²) < 4.78 is 40.6. The Labute approximate surface area is 168 Å². The number of halogens is 3. The molecule has 0 aliphatic carbocycles. The monoisotopic (exact) mass is 410 g/mol. The molecule has 0 bridgehead atoms. The SMILES string of the molecule is Cc1nn(C)c(C)c1NC(=O)[C@@H](C)[NH+]1CCN(c2cccc(C(F)(F)F)c2)CC1. The number of rotatable bonds is 4. The standard InChI is InChI=1S/C20H26F3N5O/c1-13-18(14(2)26(4)25-13)24-19(29)15(3)27-8-10-28(11-9-27)17-7-5-6-16(12-17)20(21,22)23/h5-7,12,15H,8-11H2,1-4H3,(H,24,29)/p+1/t15-/m1/s1. The highest BCUT2D eigenvalue weighted by Gasteiger charge is 2.33. The minimum absolute atomic E-state index is 0.0771. The van der Waals surface area contributed by atoms with E-state index in [0.29, 0.717) is 31.9 Å². The molecule has 0 spiro atoms. The van der Waals surface area contributed by atoms with Crippen LogP contribution in [-0.2, 0) is 18.0 Å². The molecule has 0 saturated carbocycles. The van der Waals surface area contributed by atoms with E-state index < -0.39 is 11.7 Å². The Morgan fingerprint density at radius 3 is 2.45 bits per heavy atom. The molecule has 1 aromatic heterocycles. The zero-order chi connectivity index (χ0) is 21.3. The summed E-state index contributed by atoms with van der Waals surface area (Å²) in [5.74, 6) is -0.0771. The Morgan fingerprint density at radius 1 is 1.24 bits per heavy atom. The molecule has 29 heavy (non-hydrogen) atoms. The fraction of sp³-hybridized carbons (Fsp3) is 0.500. The van der Waals surface area contributed by atoms with Gasteiger partial charge in [-0.05, 0) is 39.0 Å². The third-order valence-corrected chi connectivity index (χ3v) is 5.71. The highest BCUT2D eigenvalue weighted by atomic mass is 19.4. The zero-order valence-electron chi connectivity index (χ0n) is 17.1. The van der Waals surface area contributed by atoms with Gasteiger partial charge in [0.15, 0.2) is 6.04 Å². The number of benzene rings is 1. The maximum absolute atomic E-state index is 13.0. The van der Waals surface area contributed by atoms with Gasteiger partial charge < -0.3 is 15.1 Å². The first kappa shape index (κ1) is 21.2. The average molecular weight is 410 g/mol. The van der Waals surface area contributed by atoms with Crippen molar-refractivity contribution in [2.75, 3.05) is 36.4 Å². The molecular formula is C20H27F3N5O+. The molecule has 2 heterocycles. The number of alkyl halides is 3. The van der Waals surface area contributed by atoms with Crippen LogP contribution in [0.1, 0.15) is 23.9 Å². The summed E-state index contributed by atoms with van der Waals surface area (Å²) in [5.41, 5.74) is 2.34. The van der Waals surface area contributed by atoms with E-state index in [-0.39, 0.29) is 11.9 Å². The number of piperazine rings is 1. The Kier molecular flexibility index (Phi) is 5.88. The van der Waals surface area contributed by atoms with Gasteiger partial charge in [-0.15, -0.1) is 0 Å². The van der Waals surface area contributed by atoms with E-state index in [1.165, 1.54) is 12.1 Å². The van der Waals surface area contributed by atoms with Gasteiger partial charge >= 0.3 is 6.18 Å². The first-order valence-corrected chi connectivity index (χ1v) is 9.65. The minimum atomic E-state index is -4.35. The van der Waals surface area contributed by atoms with E-state index in [1.54, 1.807) is 10.7 Å². The summed E-state index contributed by atoms with van der Waals surface area (Å²) >= 11 is 0. The fourth-order valence-electron chi connectivity index (χ4n) is 3.74. The molecule has 9 heteroatoms. The van der Waals surface area contributed by atoms with Gasteiger partial charge in [-0.3, -0.25) is 9.48 Å². The van der Waals surface area contributed by atoms with E-state index in [9.17, 15) is 18.0 Å². The first-order valence-electron chi connectivity index (χ1n) is 9.65. The van der Waals surface area contributed by atoms with E-state index >= 15 is 0 Å². The van der Waals surface area contributed by atoms with Crippen LogP contribution < -0.4 is 15.1 Å². The van der Waals surface area contributed by atoms with Crippen molar-refractivity contribution in [2.45, 2.75) is 33.0 Å². The number of aromatic nitrogens is 2. The van der Waals surface area contributed by atoms with Gasteiger partial charge in [-0.25, -0.2) is 0 Å². The molecular weight excluding hydrogens is 383 g/mol. The van der Waals surface area contributed by atoms with E-state index in [0.717, 1.165) is 28.0 Å². The number of carbonyl (C=O) groups excluding carboxylic acids is 1. The van der Waals surface area contributed by atoms with Crippen LogP contribution in [-0.4, -0.2) is 47.9 Å². The fourth-order valence-corrected chi connectivity index (χ4v) is 3.74. The van der Waals surface area contributed by atoms with Crippen LogP contribution >= 0.6 is 0 Å². The predicted octanol–water partition coefficient (Wildman–Crippen LogP) is 1.79. The lowest BCUT2D eigenvalue weighted by atomic mass is 10.1. The highest BCUT2D eigenvalue weighted by molar-refractivity contribution is 5.94. The summed E-state index contributed by atoms with van der Waals surface area (Å²) in [6.45, 7) is 8.19. The van der Waals surface area contributed by atoms with Gasteiger partial charge in [0.05, 0.1) is 48.8 Å². The van der Waals surface area contributed by atoms with Crippen LogP contribution in [0.5, 0.6) is 0 Å². The summed E-state index contributed by atoms with van der Waals surface area (Å²) in [7, 11) is 1.83. The lowest BCUT2D eigenvalue weighted by Gasteiger charge is -2.36. The molecule has 2 aromatic rings. The largest absolute Gasteiger partial charge is 0.416 e. The Hall–Kier alpha value is -2.55. The zero-order valence-corrected chi connectivity index (χ0v) is 17.1. The van der Waals surface area contributed by atoms with Crippen LogP contribution in [0.3, 0.4) is 0 Å². The third kappa shape index (κ3) is 4.55. The molecule has 158 valence electrons. The summed E-state index contributed by atoms with van der Waals surface area (Å²) in [4.78, 5) is 15.8. The van der Waals surface area contributed by atoms with Gasteiger partial charge in [0.2, 0.25) is 0 Å². The molecule has 1 fully saturated rings. The number of anilines is 2. The number of hydrogen-bond donors (Lipinski definition) is 2. The van der Waals surface area contributed by atoms with Gasteiger partial charge in [0.25, 0.3) is 5.91 Å². The second-order valence-corrected chi connectivity index (χ2v) is 7.57. The molecule has 0 radical (unpaired) electrons. The molecule has 3 rings (SSSR count). The maximum atomic E-state index is 13.0. The molecule has 1 amide bonds. The smallest absolute Gasteiger partial charge is 0.360 e. The van der Waals surface area contributed by atoms with Crippen LogP contribution in [0.25, 0.3) is 0 Å². The number of quaternary nitrogens is 1. The number of amides is 1. The normalized spacial score (nSPS) is 16.7. The molecule has 1 atom stereocenters. The predicted molar refractivity (Wildman–Crippen MR) is 105 cm³/mol. The van der Waals surface area contributed by atoms with Crippen LogP contribution in [0.2, 0.25) is 0 Å². The molecule has 1 aliphatic heterocycles. The molecule has 2 N–H and O–H groups in total. The lowest BCUT2D eigenvalue weighted by Crippen LogP contribution is -3.19. The molecule has 0 unspecified atom stereocenters. The van der Waals surface area contributed by atoms with Crippen molar-refractivity contribution in [1.29, 1.82) is 0 Å². The average Bonchev–Trinajstić information content (AvgIpc) is 2.93. The number of nitrogens with one attached hydrogen (secondary N) is 2. The van der Waals surface area contributed by atoms with E-state index in [1.807, 2.05) is 32.7 Å². The Balaban J connectivity index is 1.61. The summed E-state index contributed by atoms with van der Waals surface area (Å²) in [5, 5.41) is 7.29. The van der Waals surface area contributed by atoms with Crippen molar-refractivity contribution in [3.8, 4) is 0 Å². The third-order valence-electron chi connectivity index (χ3n) is 5.71. The topological polar surface area (TPSA) is 54.6 Å². The Morgan fingerprint density at radius 2 is 1.90 bits per heavy atom. The van der Waals surface area contributed by atoms with Crippen molar-refractivity contribution >= 4 is 17.3 Å². The van der Waals surface area contributed by atoms with Crippen LogP contribution in [0, 0.1) is 13.8 Å². The number of nitrogens with zero attached hydrogens (tertiary/aromatic N) is 3. The quantitative estimate of drug-likeness (QED) is 0.808. The second-order valence-electron chi connectivity index (χ2n) is 7.57. The number of aryl methyl sites for hydroxylation is 2. The van der Waals surface area contributed by atoms with Crippen LogP contribution in [0.4, 0.5) is 24.5 Å². The van der Waals surface area contributed by atoms with Crippen LogP contribution in [0.15, 0.2) is 24.3 Å². The minimum Gasteiger partial charge on any atom is -0.360 e. The number of carbonyl (C=O) groups is 1. The summed E-state index contributed by atoms with van der Waals surface area (Å²) in [6.07, 6.45) is -4.35. The van der Waals surface area contributed by atoms with E-state index in [2.05, 4.69) is 10.4 Å².